The number of halogens is 1. The van der Waals surface area contributed by atoms with Crippen molar-refractivity contribution in [3.05, 3.63) is 51.6 Å². The van der Waals surface area contributed by atoms with Crippen LogP contribution in [0.4, 0.5) is 0 Å². The molecule has 0 saturated heterocycles. The first-order chi connectivity index (χ1) is 12.1. The van der Waals surface area contributed by atoms with Crippen LogP contribution >= 0.6 is 22.6 Å². The second kappa shape index (κ2) is 9.87. The van der Waals surface area contributed by atoms with Gasteiger partial charge in [0.15, 0.2) is 18.1 Å². The number of hydrazone groups is 1. The molecule has 2 aromatic rings. The van der Waals surface area contributed by atoms with Gasteiger partial charge in [0.25, 0.3) is 5.91 Å². The lowest BCUT2D eigenvalue weighted by atomic mass is 10.2. The van der Waals surface area contributed by atoms with Crippen LogP contribution in [0, 0.1) is 3.57 Å². The van der Waals surface area contributed by atoms with Crippen molar-refractivity contribution >= 4 is 34.7 Å². The quantitative estimate of drug-likeness (QED) is 0.378. The molecule has 0 spiro atoms. The number of methoxy groups -OCH3 is 1. The third-order valence-corrected chi connectivity index (χ3v) is 3.93. The maximum atomic E-state index is 11.8. The first kappa shape index (κ1) is 19.0. The fourth-order valence-electron chi connectivity index (χ4n) is 1.96. The fraction of sp³-hybridized carbons (Fsp3) is 0.222. The lowest BCUT2D eigenvalue weighted by molar-refractivity contribution is -0.123. The molecule has 2 aromatic carbocycles. The molecule has 6 nitrogen and oxygen atoms in total. The van der Waals surface area contributed by atoms with Crippen molar-refractivity contribution in [1.29, 1.82) is 0 Å². The molecule has 0 atom stereocenters. The molecule has 0 unspecified atom stereocenters. The van der Waals surface area contributed by atoms with Crippen LogP contribution in [-0.4, -0.2) is 32.4 Å². The highest BCUT2D eigenvalue weighted by Gasteiger charge is 2.06. The number of hydrogen-bond acceptors (Lipinski definition) is 5. The van der Waals surface area contributed by atoms with Gasteiger partial charge in [0.2, 0.25) is 0 Å². The smallest absolute Gasteiger partial charge is 0.277 e. The van der Waals surface area contributed by atoms with Gasteiger partial charge in [-0.1, -0.05) is 12.1 Å². The minimum absolute atomic E-state index is 0.151. The van der Waals surface area contributed by atoms with E-state index in [2.05, 4.69) is 33.1 Å². The van der Waals surface area contributed by atoms with E-state index in [9.17, 15) is 4.79 Å². The molecule has 0 bridgehead atoms. The second-order valence-electron chi connectivity index (χ2n) is 4.86. The predicted octanol–water partition coefficient (Wildman–Crippen LogP) is 3.23. The van der Waals surface area contributed by atoms with Crippen molar-refractivity contribution in [2.24, 2.45) is 5.10 Å². The van der Waals surface area contributed by atoms with Gasteiger partial charge in [0, 0.05) is 0 Å². The van der Waals surface area contributed by atoms with Gasteiger partial charge in [0.1, 0.15) is 5.75 Å². The van der Waals surface area contributed by atoms with Crippen molar-refractivity contribution in [1.82, 2.24) is 5.43 Å². The number of carbonyl (C=O) groups excluding carboxylic acids is 1. The predicted molar refractivity (Wildman–Crippen MR) is 105 cm³/mol. The molecule has 25 heavy (non-hydrogen) atoms. The zero-order valence-corrected chi connectivity index (χ0v) is 16.1. The topological polar surface area (TPSA) is 69.2 Å². The highest BCUT2D eigenvalue weighted by molar-refractivity contribution is 14.1. The van der Waals surface area contributed by atoms with Crippen molar-refractivity contribution in [2.45, 2.75) is 6.92 Å². The minimum atomic E-state index is -0.356. The number of rotatable bonds is 8. The van der Waals surface area contributed by atoms with Crippen molar-refractivity contribution < 1.29 is 19.0 Å². The fourth-order valence-corrected chi connectivity index (χ4v) is 2.72. The van der Waals surface area contributed by atoms with E-state index in [-0.39, 0.29) is 12.5 Å². The average Bonchev–Trinajstić information content (AvgIpc) is 2.61. The van der Waals surface area contributed by atoms with E-state index < -0.39 is 0 Å². The van der Waals surface area contributed by atoms with Crippen LogP contribution in [0.5, 0.6) is 17.2 Å². The third-order valence-electron chi connectivity index (χ3n) is 3.09. The summed E-state index contributed by atoms with van der Waals surface area (Å²) < 4.78 is 17.1. The Morgan fingerprint density at radius 2 is 1.88 bits per heavy atom. The molecule has 7 heteroatoms. The number of carbonyl (C=O) groups is 1. The molecule has 0 aromatic heterocycles. The van der Waals surface area contributed by atoms with Gasteiger partial charge < -0.3 is 14.2 Å². The Morgan fingerprint density at radius 1 is 1.16 bits per heavy atom. The lowest BCUT2D eigenvalue weighted by Gasteiger charge is -2.10. The number of ether oxygens (including phenoxy) is 3. The van der Waals surface area contributed by atoms with Gasteiger partial charge in [-0.15, -0.1) is 0 Å². The number of nitrogens with zero attached hydrogens (tertiary/aromatic N) is 1. The van der Waals surface area contributed by atoms with Crippen LogP contribution in [0.15, 0.2) is 47.6 Å². The van der Waals surface area contributed by atoms with E-state index in [0.29, 0.717) is 18.1 Å². The zero-order chi connectivity index (χ0) is 18.1. The van der Waals surface area contributed by atoms with Crippen LogP contribution in [-0.2, 0) is 4.79 Å². The van der Waals surface area contributed by atoms with Gasteiger partial charge >= 0.3 is 0 Å². The molecule has 132 valence electrons. The molecule has 2 rings (SSSR count). The molecular formula is C18H19IN2O4. The maximum Gasteiger partial charge on any atom is 0.277 e. The molecule has 0 aliphatic rings. The highest BCUT2D eigenvalue weighted by atomic mass is 127. The van der Waals surface area contributed by atoms with Gasteiger partial charge in [-0.25, -0.2) is 5.43 Å². The molecular weight excluding hydrogens is 435 g/mol. The van der Waals surface area contributed by atoms with E-state index >= 15 is 0 Å². The Labute approximate surface area is 160 Å². The second-order valence-corrected chi connectivity index (χ2v) is 6.02. The lowest BCUT2D eigenvalue weighted by Crippen LogP contribution is -2.24. The first-order valence-electron chi connectivity index (χ1n) is 7.64. The van der Waals surface area contributed by atoms with E-state index in [0.717, 1.165) is 14.9 Å². The third kappa shape index (κ3) is 5.93. The van der Waals surface area contributed by atoms with Crippen molar-refractivity contribution in [3.63, 3.8) is 0 Å². The Kier molecular flexibility index (Phi) is 7.52. The number of para-hydroxylation sites is 2. The minimum Gasteiger partial charge on any atom is -0.496 e. The van der Waals surface area contributed by atoms with Gasteiger partial charge in [-0.3, -0.25) is 4.79 Å². The van der Waals surface area contributed by atoms with E-state index in [1.807, 2.05) is 37.3 Å². The van der Waals surface area contributed by atoms with Gasteiger partial charge in [0.05, 0.1) is 23.5 Å². The standard InChI is InChI=1S/C18H19IN2O4/c1-3-24-16-6-4-5-7-17(16)25-12-18(22)21-20-11-13-8-9-15(23-2)14(19)10-13/h4-11H,3,12H2,1-2H3,(H,21,22)/b20-11-. The molecule has 0 saturated carbocycles. The van der Waals surface area contributed by atoms with Gasteiger partial charge in [-0.05, 0) is 65.4 Å². The summed E-state index contributed by atoms with van der Waals surface area (Å²) in [6.07, 6.45) is 1.56. The number of hydrogen-bond donors (Lipinski definition) is 1. The summed E-state index contributed by atoms with van der Waals surface area (Å²) in [5.74, 6) is 1.57. The number of nitrogens with one attached hydrogen (secondary N) is 1. The largest absolute Gasteiger partial charge is 0.496 e. The summed E-state index contributed by atoms with van der Waals surface area (Å²) in [6, 6.07) is 12.8. The summed E-state index contributed by atoms with van der Waals surface area (Å²) in [5.41, 5.74) is 3.29. The SMILES string of the molecule is CCOc1ccccc1OCC(=O)N/N=C\c1ccc(OC)c(I)c1. The van der Waals surface area contributed by atoms with Crippen LogP contribution in [0.25, 0.3) is 0 Å². The van der Waals surface area contributed by atoms with Crippen molar-refractivity contribution in [3.8, 4) is 17.2 Å². The summed E-state index contributed by atoms with van der Waals surface area (Å²) in [4.78, 5) is 11.8. The molecule has 0 heterocycles. The highest BCUT2D eigenvalue weighted by Crippen LogP contribution is 2.26. The molecule has 0 aliphatic heterocycles. The average molecular weight is 454 g/mol. The Bertz CT molecular complexity index is 750. The van der Waals surface area contributed by atoms with Crippen LogP contribution in [0.1, 0.15) is 12.5 Å². The summed E-state index contributed by atoms with van der Waals surface area (Å²) >= 11 is 2.17. The van der Waals surface area contributed by atoms with Crippen LogP contribution in [0.2, 0.25) is 0 Å². The summed E-state index contributed by atoms with van der Waals surface area (Å²) in [7, 11) is 1.62. The van der Waals surface area contributed by atoms with E-state index in [4.69, 9.17) is 14.2 Å². The van der Waals surface area contributed by atoms with Crippen molar-refractivity contribution in [2.75, 3.05) is 20.3 Å². The van der Waals surface area contributed by atoms with E-state index in [1.54, 1.807) is 25.5 Å². The molecule has 0 radical (unpaired) electrons. The Balaban J connectivity index is 1.85. The zero-order valence-electron chi connectivity index (χ0n) is 14.0. The Hall–Kier alpha value is -2.29. The van der Waals surface area contributed by atoms with Gasteiger partial charge in [-0.2, -0.15) is 5.10 Å². The molecule has 0 aliphatic carbocycles. The number of amides is 1. The summed E-state index contributed by atoms with van der Waals surface area (Å²) in [6.45, 7) is 2.26. The monoisotopic (exact) mass is 454 g/mol. The molecule has 1 amide bonds. The van der Waals surface area contributed by atoms with Crippen LogP contribution in [0.3, 0.4) is 0 Å². The summed E-state index contributed by atoms with van der Waals surface area (Å²) in [5, 5.41) is 3.93. The molecule has 0 fully saturated rings. The Morgan fingerprint density at radius 3 is 2.52 bits per heavy atom. The first-order valence-corrected chi connectivity index (χ1v) is 8.72. The van der Waals surface area contributed by atoms with E-state index in [1.165, 1.54) is 0 Å². The molecule has 1 N–H and O–H groups in total. The number of benzene rings is 2. The maximum absolute atomic E-state index is 11.8. The normalized spacial score (nSPS) is 10.5. The van der Waals surface area contributed by atoms with Crippen LogP contribution < -0.4 is 19.6 Å².